The van der Waals surface area contributed by atoms with E-state index in [0.717, 1.165) is 27.7 Å². The third kappa shape index (κ3) is 2.95. The number of aromatic nitrogens is 3. The summed E-state index contributed by atoms with van der Waals surface area (Å²) in [5.41, 5.74) is 4.38. The standard InChI is InChI=1S/C21H14FIN4O/c22-18-8-13(14-4-6-16-11-27(23)25-19(16)9-14)3-5-15(18)10-26-12-20-17(21(26)28)2-1-7-24-20/h1-9,11H,10,12H2. The zero-order valence-electron chi connectivity index (χ0n) is 14.6. The third-order valence-electron chi connectivity index (χ3n) is 4.98. The maximum Gasteiger partial charge on any atom is 0.256 e. The van der Waals surface area contributed by atoms with Crippen molar-refractivity contribution in [3.05, 3.63) is 83.6 Å². The Bertz CT molecular complexity index is 1240. The molecule has 0 saturated heterocycles. The van der Waals surface area contributed by atoms with Gasteiger partial charge in [-0.15, -0.1) is 0 Å². The van der Waals surface area contributed by atoms with Gasteiger partial charge in [0.15, 0.2) is 0 Å². The number of pyridine rings is 1. The second kappa shape index (κ2) is 6.66. The zero-order valence-corrected chi connectivity index (χ0v) is 16.8. The molecule has 1 aliphatic rings. The molecule has 0 radical (unpaired) electrons. The maximum atomic E-state index is 14.8. The third-order valence-corrected chi connectivity index (χ3v) is 5.47. The summed E-state index contributed by atoms with van der Waals surface area (Å²) >= 11 is 2.10. The van der Waals surface area contributed by atoms with E-state index in [-0.39, 0.29) is 18.3 Å². The van der Waals surface area contributed by atoms with Gasteiger partial charge in [-0.1, -0.05) is 24.3 Å². The highest BCUT2D eigenvalue weighted by Crippen LogP contribution is 2.28. The number of hydrogen-bond donors (Lipinski definition) is 0. The van der Waals surface area contributed by atoms with Crippen LogP contribution in [0.25, 0.3) is 22.0 Å². The van der Waals surface area contributed by atoms with Crippen molar-refractivity contribution >= 4 is 39.7 Å². The van der Waals surface area contributed by atoms with E-state index in [1.165, 1.54) is 6.07 Å². The molecule has 0 aliphatic carbocycles. The molecule has 2 aromatic heterocycles. The fraction of sp³-hybridized carbons (Fsp3) is 0.0952. The van der Waals surface area contributed by atoms with Gasteiger partial charge in [-0.2, -0.15) is 5.10 Å². The number of carbonyl (C=O) groups excluding carboxylic acids is 1. The fourth-order valence-electron chi connectivity index (χ4n) is 3.54. The number of rotatable bonds is 3. The van der Waals surface area contributed by atoms with Crippen LogP contribution in [0.1, 0.15) is 21.6 Å². The molecule has 5 rings (SSSR count). The summed E-state index contributed by atoms with van der Waals surface area (Å²) in [7, 11) is 0. The van der Waals surface area contributed by atoms with Gasteiger partial charge in [0.05, 0.1) is 46.2 Å². The van der Waals surface area contributed by atoms with Crippen molar-refractivity contribution < 1.29 is 9.18 Å². The Morgan fingerprint density at radius 2 is 1.93 bits per heavy atom. The molecule has 2 aromatic carbocycles. The van der Waals surface area contributed by atoms with Crippen molar-refractivity contribution in [1.82, 2.24) is 17.9 Å². The van der Waals surface area contributed by atoms with Crippen molar-refractivity contribution in [2.45, 2.75) is 13.1 Å². The number of amides is 1. The van der Waals surface area contributed by atoms with E-state index < -0.39 is 0 Å². The van der Waals surface area contributed by atoms with Crippen LogP contribution in [0.5, 0.6) is 0 Å². The van der Waals surface area contributed by atoms with Crippen molar-refractivity contribution in [1.29, 1.82) is 0 Å². The molecule has 0 spiro atoms. The summed E-state index contributed by atoms with van der Waals surface area (Å²) < 4.78 is 16.5. The lowest BCUT2D eigenvalue weighted by molar-refractivity contribution is 0.0765. The molecule has 0 saturated carbocycles. The van der Waals surface area contributed by atoms with E-state index in [0.29, 0.717) is 17.7 Å². The van der Waals surface area contributed by atoms with Crippen LogP contribution in [0.2, 0.25) is 0 Å². The minimum atomic E-state index is -0.325. The molecule has 7 heteroatoms. The van der Waals surface area contributed by atoms with Gasteiger partial charge in [-0.05, 0) is 35.4 Å². The minimum absolute atomic E-state index is 0.105. The van der Waals surface area contributed by atoms with Gasteiger partial charge in [-0.3, -0.25) is 9.78 Å². The van der Waals surface area contributed by atoms with Gasteiger partial charge in [-0.25, -0.2) is 7.29 Å². The summed E-state index contributed by atoms with van der Waals surface area (Å²) in [6.07, 6.45) is 3.60. The normalized spacial score (nSPS) is 13.4. The molecule has 0 atom stereocenters. The van der Waals surface area contributed by atoms with E-state index in [1.807, 2.05) is 30.5 Å². The van der Waals surface area contributed by atoms with E-state index in [9.17, 15) is 9.18 Å². The lowest BCUT2D eigenvalue weighted by atomic mass is 10.0. The molecule has 1 aliphatic heterocycles. The molecule has 0 unspecified atom stereocenters. The number of fused-ring (bicyclic) bond motifs is 2. The minimum Gasteiger partial charge on any atom is -0.328 e. The predicted molar refractivity (Wildman–Crippen MR) is 112 cm³/mol. The molecular weight excluding hydrogens is 470 g/mol. The van der Waals surface area contributed by atoms with Crippen LogP contribution in [0.15, 0.2) is 60.9 Å². The van der Waals surface area contributed by atoms with Gasteiger partial charge in [0, 0.05) is 29.9 Å². The number of carbonyl (C=O) groups is 1. The largest absolute Gasteiger partial charge is 0.328 e. The van der Waals surface area contributed by atoms with Crippen LogP contribution in [-0.4, -0.2) is 23.8 Å². The molecule has 0 bridgehead atoms. The predicted octanol–water partition coefficient (Wildman–Crippen LogP) is 4.59. The first kappa shape index (κ1) is 17.3. The first-order valence-corrected chi connectivity index (χ1v) is 9.72. The van der Waals surface area contributed by atoms with Gasteiger partial charge in [0.25, 0.3) is 5.91 Å². The van der Waals surface area contributed by atoms with Crippen LogP contribution in [0.4, 0.5) is 4.39 Å². The fourth-order valence-corrected chi connectivity index (χ4v) is 4.07. The van der Waals surface area contributed by atoms with Gasteiger partial charge < -0.3 is 4.90 Å². The van der Waals surface area contributed by atoms with Gasteiger partial charge >= 0.3 is 0 Å². The molecule has 28 heavy (non-hydrogen) atoms. The topological polar surface area (TPSA) is 51.0 Å². The molecule has 4 aromatic rings. The van der Waals surface area contributed by atoms with Crippen LogP contribution in [0, 0.1) is 5.82 Å². The van der Waals surface area contributed by atoms with Crippen LogP contribution < -0.4 is 0 Å². The lowest BCUT2D eigenvalue weighted by Crippen LogP contribution is -2.23. The van der Waals surface area contributed by atoms with Crippen molar-refractivity contribution in [2.24, 2.45) is 0 Å². The maximum absolute atomic E-state index is 14.8. The molecule has 3 heterocycles. The highest BCUT2D eigenvalue weighted by molar-refractivity contribution is 14.1. The second-order valence-corrected chi connectivity index (χ2v) is 7.74. The smallest absolute Gasteiger partial charge is 0.256 e. The molecule has 138 valence electrons. The first-order chi connectivity index (χ1) is 13.6. The first-order valence-electron chi connectivity index (χ1n) is 8.76. The van der Waals surface area contributed by atoms with E-state index in [4.69, 9.17) is 0 Å². The molecule has 1 amide bonds. The zero-order chi connectivity index (χ0) is 19.3. The van der Waals surface area contributed by atoms with Gasteiger partial charge in [0.2, 0.25) is 0 Å². The Morgan fingerprint density at radius 1 is 1.11 bits per heavy atom. The van der Waals surface area contributed by atoms with Crippen molar-refractivity contribution in [3.63, 3.8) is 0 Å². The molecular formula is C21H14FIN4O. The number of hydrogen-bond acceptors (Lipinski definition) is 3. The number of nitrogens with zero attached hydrogens (tertiary/aromatic N) is 4. The Kier molecular flexibility index (Phi) is 4.12. The quantitative estimate of drug-likeness (QED) is 0.400. The Labute approximate surface area is 174 Å². The SMILES string of the molecule is O=C1c2cccnc2CN1Cc1ccc(-c2ccc3cn(I)nc3c2)cc1F. The monoisotopic (exact) mass is 484 g/mol. The molecule has 0 N–H and O–H groups in total. The summed E-state index contributed by atoms with van der Waals surface area (Å²) in [4.78, 5) is 18.3. The highest BCUT2D eigenvalue weighted by atomic mass is 127. The van der Waals surface area contributed by atoms with Crippen LogP contribution >= 0.6 is 22.9 Å². The van der Waals surface area contributed by atoms with Crippen molar-refractivity contribution in [2.75, 3.05) is 0 Å². The number of halogens is 2. The van der Waals surface area contributed by atoms with E-state index >= 15 is 0 Å². The average molecular weight is 484 g/mol. The molecule has 0 fully saturated rings. The Balaban J connectivity index is 1.41. The summed E-state index contributed by atoms with van der Waals surface area (Å²) in [5.74, 6) is -0.430. The summed E-state index contributed by atoms with van der Waals surface area (Å²) in [6, 6.07) is 14.5. The molecule has 5 nitrogen and oxygen atoms in total. The van der Waals surface area contributed by atoms with Crippen LogP contribution in [0.3, 0.4) is 0 Å². The Hall–Kier alpha value is -2.81. The van der Waals surface area contributed by atoms with E-state index in [2.05, 4.69) is 32.9 Å². The van der Waals surface area contributed by atoms with Crippen LogP contribution in [-0.2, 0) is 13.1 Å². The van der Waals surface area contributed by atoms with Crippen molar-refractivity contribution in [3.8, 4) is 11.1 Å². The lowest BCUT2D eigenvalue weighted by Gasteiger charge is -2.16. The number of benzene rings is 2. The second-order valence-electron chi connectivity index (χ2n) is 6.76. The Morgan fingerprint density at radius 3 is 2.75 bits per heavy atom. The summed E-state index contributed by atoms with van der Waals surface area (Å²) in [6.45, 7) is 0.630. The van der Waals surface area contributed by atoms with E-state index in [1.54, 1.807) is 32.2 Å². The summed E-state index contributed by atoms with van der Waals surface area (Å²) in [5, 5.41) is 5.43. The van der Waals surface area contributed by atoms with Gasteiger partial charge in [0.1, 0.15) is 5.82 Å². The average Bonchev–Trinajstić information content (AvgIpc) is 3.22. The highest BCUT2D eigenvalue weighted by Gasteiger charge is 2.28.